The summed E-state index contributed by atoms with van der Waals surface area (Å²) in [5.74, 6) is 0.237. The van der Waals surface area contributed by atoms with E-state index in [1.54, 1.807) is 0 Å². The topological polar surface area (TPSA) is 49.4 Å². The third kappa shape index (κ3) is 3.78. The van der Waals surface area contributed by atoms with Crippen molar-refractivity contribution in [2.75, 3.05) is 6.54 Å². The van der Waals surface area contributed by atoms with Gasteiger partial charge in [-0.15, -0.1) is 0 Å². The van der Waals surface area contributed by atoms with Crippen LogP contribution in [0, 0.1) is 11.3 Å². The van der Waals surface area contributed by atoms with Crippen molar-refractivity contribution in [2.45, 2.75) is 79.3 Å². The molecule has 0 aromatic heterocycles. The second kappa shape index (κ2) is 6.37. The van der Waals surface area contributed by atoms with Crippen LogP contribution >= 0.6 is 0 Å². The third-order valence-corrected chi connectivity index (χ3v) is 4.89. The summed E-state index contributed by atoms with van der Waals surface area (Å²) >= 11 is 0. The molecule has 0 bridgehead atoms. The highest BCUT2D eigenvalue weighted by Gasteiger charge is 2.49. The SMILES string of the molecule is CCC(C)C1NC(=O)C(C)(CC)N(CCC(C)(C)C)C1=O. The predicted molar refractivity (Wildman–Crippen MR) is 85.9 cm³/mol. The van der Waals surface area contributed by atoms with E-state index in [0.717, 1.165) is 12.8 Å². The second-order valence-corrected chi connectivity index (χ2v) is 7.76. The molecule has 1 rings (SSSR count). The van der Waals surface area contributed by atoms with Gasteiger partial charge in [0.2, 0.25) is 11.8 Å². The molecule has 0 aliphatic carbocycles. The summed E-state index contributed by atoms with van der Waals surface area (Å²) in [6, 6.07) is -0.373. The first-order valence-corrected chi connectivity index (χ1v) is 8.19. The van der Waals surface area contributed by atoms with Crippen molar-refractivity contribution in [3.8, 4) is 0 Å². The van der Waals surface area contributed by atoms with Gasteiger partial charge in [0.1, 0.15) is 11.6 Å². The third-order valence-electron chi connectivity index (χ3n) is 4.89. The van der Waals surface area contributed by atoms with Gasteiger partial charge in [0.15, 0.2) is 0 Å². The Morgan fingerprint density at radius 3 is 2.29 bits per heavy atom. The molecular formula is C17H32N2O2. The molecule has 2 amide bonds. The summed E-state index contributed by atoms with van der Waals surface area (Å²) in [5, 5.41) is 2.96. The van der Waals surface area contributed by atoms with Gasteiger partial charge in [0.25, 0.3) is 0 Å². The fraction of sp³-hybridized carbons (Fsp3) is 0.882. The van der Waals surface area contributed by atoms with Crippen molar-refractivity contribution < 1.29 is 9.59 Å². The van der Waals surface area contributed by atoms with Gasteiger partial charge >= 0.3 is 0 Å². The van der Waals surface area contributed by atoms with Gasteiger partial charge in [-0.2, -0.15) is 0 Å². The molecule has 21 heavy (non-hydrogen) atoms. The molecule has 1 N–H and O–H groups in total. The minimum atomic E-state index is -0.716. The lowest BCUT2D eigenvalue weighted by Gasteiger charge is -2.47. The molecule has 1 fully saturated rings. The zero-order valence-electron chi connectivity index (χ0n) is 14.7. The highest BCUT2D eigenvalue weighted by Crippen LogP contribution is 2.30. The Bertz CT molecular complexity index is 400. The highest BCUT2D eigenvalue weighted by molar-refractivity contribution is 5.99. The molecule has 1 aliphatic heterocycles. The van der Waals surface area contributed by atoms with E-state index in [9.17, 15) is 9.59 Å². The smallest absolute Gasteiger partial charge is 0.246 e. The largest absolute Gasteiger partial charge is 0.342 e. The van der Waals surface area contributed by atoms with Gasteiger partial charge in [0, 0.05) is 6.54 Å². The Morgan fingerprint density at radius 1 is 1.29 bits per heavy atom. The minimum Gasteiger partial charge on any atom is -0.342 e. The maximum atomic E-state index is 12.9. The van der Waals surface area contributed by atoms with Crippen molar-refractivity contribution in [1.82, 2.24) is 10.2 Å². The van der Waals surface area contributed by atoms with E-state index < -0.39 is 5.54 Å². The standard InChI is InChI=1S/C17H32N2O2/c1-8-12(3)13-14(20)19(11-10-16(4,5)6)17(7,9-2)15(21)18-13/h12-13H,8-11H2,1-7H3,(H,18,21). The quantitative estimate of drug-likeness (QED) is 0.848. The van der Waals surface area contributed by atoms with Gasteiger partial charge in [-0.25, -0.2) is 0 Å². The van der Waals surface area contributed by atoms with Gasteiger partial charge < -0.3 is 10.2 Å². The summed E-state index contributed by atoms with van der Waals surface area (Å²) in [5.41, 5.74) is -0.568. The highest BCUT2D eigenvalue weighted by atomic mass is 16.2. The predicted octanol–water partition coefficient (Wildman–Crippen LogP) is 2.96. The summed E-state index contributed by atoms with van der Waals surface area (Å²) < 4.78 is 0. The maximum Gasteiger partial charge on any atom is 0.246 e. The molecular weight excluding hydrogens is 264 g/mol. The Hall–Kier alpha value is -1.06. The van der Waals surface area contributed by atoms with Crippen LogP contribution < -0.4 is 5.32 Å². The molecule has 3 unspecified atom stereocenters. The van der Waals surface area contributed by atoms with Crippen LogP contribution in [0.2, 0.25) is 0 Å². The fourth-order valence-electron chi connectivity index (χ4n) is 2.67. The monoisotopic (exact) mass is 296 g/mol. The summed E-state index contributed by atoms with van der Waals surface area (Å²) in [4.78, 5) is 27.3. The number of hydrogen-bond acceptors (Lipinski definition) is 2. The Balaban J connectivity index is 3.04. The number of carbonyl (C=O) groups is 2. The second-order valence-electron chi connectivity index (χ2n) is 7.76. The number of rotatable bonds is 5. The van der Waals surface area contributed by atoms with Crippen LogP contribution in [0.4, 0.5) is 0 Å². The number of nitrogens with one attached hydrogen (secondary N) is 1. The van der Waals surface area contributed by atoms with Gasteiger partial charge in [0.05, 0.1) is 0 Å². The molecule has 0 aromatic carbocycles. The molecule has 1 aliphatic rings. The van der Waals surface area contributed by atoms with E-state index in [0.29, 0.717) is 13.0 Å². The Kier molecular flexibility index (Phi) is 5.46. The van der Waals surface area contributed by atoms with Crippen LogP contribution in [0.1, 0.15) is 67.7 Å². The number of nitrogens with zero attached hydrogens (tertiary/aromatic N) is 1. The number of piperazine rings is 1. The normalized spacial score (nSPS) is 28.5. The fourth-order valence-corrected chi connectivity index (χ4v) is 2.67. The molecule has 0 radical (unpaired) electrons. The molecule has 4 nitrogen and oxygen atoms in total. The molecule has 0 saturated carbocycles. The van der Waals surface area contributed by atoms with E-state index >= 15 is 0 Å². The van der Waals surface area contributed by atoms with Crippen LogP contribution in [-0.4, -0.2) is 34.8 Å². The Morgan fingerprint density at radius 2 is 1.86 bits per heavy atom. The van der Waals surface area contributed by atoms with Crippen LogP contribution in [-0.2, 0) is 9.59 Å². The average Bonchev–Trinajstić information content (AvgIpc) is 2.40. The van der Waals surface area contributed by atoms with E-state index in [1.807, 2.05) is 25.7 Å². The first kappa shape index (κ1) is 18.0. The zero-order valence-corrected chi connectivity index (χ0v) is 14.7. The van der Waals surface area contributed by atoms with E-state index in [1.165, 1.54) is 0 Å². The summed E-state index contributed by atoms with van der Waals surface area (Å²) in [7, 11) is 0. The van der Waals surface area contributed by atoms with Gasteiger partial charge in [-0.1, -0.05) is 48.0 Å². The number of amides is 2. The van der Waals surface area contributed by atoms with Crippen molar-refractivity contribution in [2.24, 2.45) is 11.3 Å². The number of carbonyl (C=O) groups excluding carboxylic acids is 2. The average molecular weight is 296 g/mol. The maximum absolute atomic E-state index is 12.9. The first-order chi connectivity index (χ1) is 9.56. The lowest BCUT2D eigenvalue weighted by Crippen LogP contribution is -2.70. The van der Waals surface area contributed by atoms with Crippen molar-refractivity contribution in [3.63, 3.8) is 0 Å². The molecule has 3 atom stereocenters. The van der Waals surface area contributed by atoms with Crippen molar-refractivity contribution in [1.29, 1.82) is 0 Å². The van der Waals surface area contributed by atoms with Crippen LogP contribution in [0.25, 0.3) is 0 Å². The van der Waals surface area contributed by atoms with Crippen LogP contribution in [0.3, 0.4) is 0 Å². The van der Waals surface area contributed by atoms with Crippen LogP contribution in [0.15, 0.2) is 0 Å². The number of hydrogen-bond donors (Lipinski definition) is 1. The minimum absolute atomic E-state index is 0.0104. The zero-order chi connectivity index (χ0) is 16.4. The van der Waals surface area contributed by atoms with Crippen molar-refractivity contribution in [3.05, 3.63) is 0 Å². The van der Waals surface area contributed by atoms with Gasteiger partial charge in [-0.3, -0.25) is 9.59 Å². The van der Waals surface area contributed by atoms with E-state index in [2.05, 4.69) is 33.0 Å². The van der Waals surface area contributed by atoms with E-state index in [-0.39, 0.29) is 29.2 Å². The summed E-state index contributed by atoms with van der Waals surface area (Å²) in [6.07, 6.45) is 2.42. The molecule has 122 valence electrons. The van der Waals surface area contributed by atoms with Gasteiger partial charge in [-0.05, 0) is 31.1 Å². The molecule has 1 heterocycles. The molecule has 1 saturated heterocycles. The lowest BCUT2D eigenvalue weighted by molar-refractivity contribution is -0.158. The Labute approximate surface area is 129 Å². The molecule has 4 heteroatoms. The lowest BCUT2D eigenvalue weighted by atomic mass is 9.84. The summed E-state index contributed by atoms with van der Waals surface area (Å²) in [6.45, 7) is 15.1. The molecule has 0 aromatic rings. The van der Waals surface area contributed by atoms with Crippen LogP contribution in [0.5, 0.6) is 0 Å². The first-order valence-electron chi connectivity index (χ1n) is 8.19. The molecule has 0 spiro atoms. The van der Waals surface area contributed by atoms with Crippen molar-refractivity contribution >= 4 is 11.8 Å². The van der Waals surface area contributed by atoms with E-state index in [4.69, 9.17) is 0 Å².